The topological polar surface area (TPSA) is 48.8 Å². The lowest BCUT2D eigenvalue weighted by Crippen LogP contribution is -1.79. The Morgan fingerprint density at radius 2 is 2.45 bits per heavy atom. The first-order valence-electron chi connectivity index (χ1n) is 3.03. The Hall–Kier alpha value is -0.700. The molecule has 0 aromatic carbocycles. The second kappa shape index (κ2) is 3.62. The molecule has 3 nitrogen and oxygen atoms in total. The molecule has 1 atom stereocenters. The summed E-state index contributed by atoms with van der Waals surface area (Å²) in [5.41, 5.74) is 8.13. The molecular weight excluding hydrogens is 182 g/mol. The smallest absolute Gasteiger partial charge is 0.0931 e. The minimum absolute atomic E-state index is 0.113. The Morgan fingerprint density at radius 3 is 2.91 bits per heavy atom. The minimum atomic E-state index is -0.113. The van der Waals surface area contributed by atoms with Gasteiger partial charge in [0.15, 0.2) is 0 Å². The van der Waals surface area contributed by atoms with Crippen molar-refractivity contribution in [1.29, 1.82) is 0 Å². The first kappa shape index (κ1) is 8.40. The van der Waals surface area contributed by atoms with E-state index in [9.17, 15) is 0 Å². The van der Waals surface area contributed by atoms with Gasteiger partial charge in [-0.1, -0.05) is 23.6 Å². The zero-order valence-corrected chi connectivity index (χ0v) is 7.43. The number of halogens is 1. The fraction of sp³-hybridized carbons (Fsp3) is 0.333. The summed E-state index contributed by atoms with van der Waals surface area (Å²) in [6.45, 7) is 1.84. The summed E-state index contributed by atoms with van der Waals surface area (Å²) in [6, 6.07) is 3.55. The molecular formula is C6H6ClN3S. The van der Waals surface area contributed by atoms with E-state index in [1.807, 2.05) is 13.0 Å². The summed E-state index contributed by atoms with van der Waals surface area (Å²) in [5, 5.41) is 3.54. The molecule has 0 unspecified atom stereocenters. The van der Waals surface area contributed by atoms with Crippen molar-refractivity contribution in [1.82, 2.24) is 0 Å². The monoisotopic (exact) mass is 187 g/mol. The van der Waals surface area contributed by atoms with Crippen molar-refractivity contribution >= 4 is 22.9 Å². The van der Waals surface area contributed by atoms with Gasteiger partial charge in [0.2, 0.25) is 0 Å². The molecule has 0 spiro atoms. The first-order valence-corrected chi connectivity index (χ1v) is 4.23. The molecule has 0 N–H and O–H groups in total. The van der Waals surface area contributed by atoms with Gasteiger partial charge in [-0.15, -0.1) is 11.3 Å². The fourth-order valence-electron chi connectivity index (χ4n) is 0.687. The zero-order chi connectivity index (χ0) is 8.27. The third-order valence-corrected chi connectivity index (χ3v) is 2.63. The third kappa shape index (κ3) is 2.12. The number of hydrogen-bond donors (Lipinski definition) is 0. The maximum Gasteiger partial charge on any atom is 0.0931 e. The fourth-order valence-corrected chi connectivity index (χ4v) is 1.73. The molecule has 1 aromatic heterocycles. The Morgan fingerprint density at radius 1 is 1.73 bits per heavy atom. The van der Waals surface area contributed by atoms with Gasteiger partial charge in [0.25, 0.3) is 0 Å². The lowest BCUT2D eigenvalue weighted by Gasteiger charge is -1.96. The molecule has 1 rings (SSSR count). The van der Waals surface area contributed by atoms with Crippen molar-refractivity contribution in [3.8, 4) is 0 Å². The van der Waals surface area contributed by atoms with Gasteiger partial charge in [-0.3, -0.25) is 0 Å². The van der Waals surface area contributed by atoms with E-state index in [0.29, 0.717) is 0 Å². The van der Waals surface area contributed by atoms with Crippen molar-refractivity contribution < 1.29 is 0 Å². The van der Waals surface area contributed by atoms with Crippen LogP contribution in [0.5, 0.6) is 0 Å². The van der Waals surface area contributed by atoms with Gasteiger partial charge in [0, 0.05) is 9.79 Å². The van der Waals surface area contributed by atoms with Crippen LogP contribution in [0.3, 0.4) is 0 Å². The number of nitrogens with zero attached hydrogens (tertiary/aromatic N) is 3. The molecule has 0 amide bonds. The van der Waals surface area contributed by atoms with Crippen molar-refractivity contribution in [3.05, 3.63) is 31.8 Å². The van der Waals surface area contributed by atoms with Crippen LogP contribution in [0.1, 0.15) is 17.8 Å². The van der Waals surface area contributed by atoms with Crippen LogP contribution in [0.4, 0.5) is 0 Å². The van der Waals surface area contributed by atoms with Crippen LogP contribution >= 0.6 is 22.9 Å². The summed E-state index contributed by atoms with van der Waals surface area (Å²) in [7, 11) is 0. The summed E-state index contributed by atoms with van der Waals surface area (Å²) in [5.74, 6) is 0. The summed E-state index contributed by atoms with van der Waals surface area (Å²) in [6.07, 6.45) is 0. The average Bonchev–Trinajstić information content (AvgIpc) is 2.36. The highest BCUT2D eigenvalue weighted by molar-refractivity contribution is 7.16. The molecule has 0 aliphatic heterocycles. The molecule has 1 aromatic rings. The molecule has 0 aliphatic rings. The van der Waals surface area contributed by atoms with Crippen LogP contribution in [0.15, 0.2) is 17.2 Å². The van der Waals surface area contributed by atoms with Gasteiger partial charge in [-0.05, 0) is 17.7 Å². The van der Waals surface area contributed by atoms with Crippen LogP contribution in [-0.2, 0) is 0 Å². The Bertz CT molecular complexity index is 290. The van der Waals surface area contributed by atoms with Gasteiger partial charge >= 0.3 is 0 Å². The van der Waals surface area contributed by atoms with Crippen LogP contribution in [0.2, 0.25) is 4.34 Å². The molecule has 0 aliphatic carbocycles. The Kier molecular flexibility index (Phi) is 2.76. The van der Waals surface area contributed by atoms with Gasteiger partial charge in [0.1, 0.15) is 0 Å². The van der Waals surface area contributed by atoms with E-state index in [4.69, 9.17) is 17.1 Å². The van der Waals surface area contributed by atoms with Gasteiger partial charge in [-0.25, -0.2) is 0 Å². The maximum absolute atomic E-state index is 8.13. The first-order chi connectivity index (χ1) is 5.24. The molecule has 5 heteroatoms. The van der Waals surface area contributed by atoms with Gasteiger partial charge in [0.05, 0.1) is 10.4 Å². The summed E-state index contributed by atoms with van der Waals surface area (Å²) < 4.78 is 0.722. The third-order valence-electron chi connectivity index (χ3n) is 1.23. The van der Waals surface area contributed by atoms with E-state index in [1.165, 1.54) is 11.3 Å². The van der Waals surface area contributed by atoms with Crippen LogP contribution in [-0.4, -0.2) is 0 Å². The number of azide groups is 1. The molecule has 0 saturated carbocycles. The minimum Gasteiger partial charge on any atom is -0.128 e. The zero-order valence-electron chi connectivity index (χ0n) is 5.86. The highest BCUT2D eigenvalue weighted by Crippen LogP contribution is 2.28. The maximum atomic E-state index is 8.13. The molecule has 0 radical (unpaired) electrons. The second-order valence-electron chi connectivity index (χ2n) is 2.02. The lowest BCUT2D eigenvalue weighted by atomic mass is 10.3. The number of rotatable bonds is 2. The van der Waals surface area contributed by atoms with Crippen LogP contribution in [0.25, 0.3) is 10.4 Å². The van der Waals surface area contributed by atoms with Crippen molar-refractivity contribution in [2.75, 3.05) is 0 Å². The van der Waals surface area contributed by atoms with Crippen molar-refractivity contribution in [2.24, 2.45) is 5.11 Å². The number of thiophene rings is 1. The highest BCUT2D eigenvalue weighted by Gasteiger charge is 2.04. The average molecular weight is 188 g/mol. The van der Waals surface area contributed by atoms with E-state index in [2.05, 4.69) is 10.0 Å². The predicted molar refractivity (Wildman–Crippen MR) is 46.9 cm³/mol. The predicted octanol–water partition coefficient (Wildman–Crippen LogP) is 3.77. The van der Waals surface area contributed by atoms with Crippen LogP contribution in [0, 0.1) is 0 Å². The lowest BCUT2D eigenvalue weighted by molar-refractivity contribution is 0.827. The summed E-state index contributed by atoms with van der Waals surface area (Å²) >= 11 is 7.12. The standard InChI is InChI=1S/C6H6ClN3S/c1-4(9-10-8)5-2-3-6(7)11-5/h2-4H,1H3/t4-/m1/s1. The SMILES string of the molecule is C[C@@H](N=[N+]=[N-])c1ccc(Cl)s1. The molecule has 58 valence electrons. The highest BCUT2D eigenvalue weighted by atomic mass is 35.5. The van der Waals surface area contributed by atoms with E-state index in [1.54, 1.807) is 6.07 Å². The van der Waals surface area contributed by atoms with Crippen molar-refractivity contribution in [3.63, 3.8) is 0 Å². The van der Waals surface area contributed by atoms with Gasteiger partial charge < -0.3 is 0 Å². The van der Waals surface area contributed by atoms with Gasteiger partial charge in [-0.2, -0.15) is 0 Å². The number of hydrogen-bond acceptors (Lipinski definition) is 2. The van der Waals surface area contributed by atoms with Crippen LogP contribution < -0.4 is 0 Å². The second-order valence-corrected chi connectivity index (χ2v) is 3.77. The molecule has 1 heterocycles. The Balaban J connectivity index is 2.84. The van der Waals surface area contributed by atoms with Crippen molar-refractivity contribution in [2.45, 2.75) is 13.0 Å². The normalized spacial score (nSPS) is 12.2. The molecule has 11 heavy (non-hydrogen) atoms. The van der Waals surface area contributed by atoms with E-state index >= 15 is 0 Å². The molecule has 0 fully saturated rings. The molecule has 0 bridgehead atoms. The van der Waals surface area contributed by atoms with E-state index < -0.39 is 0 Å². The Labute approximate surface area is 73.2 Å². The quantitative estimate of drug-likeness (QED) is 0.385. The largest absolute Gasteiger partial charge is 0.128 e. The summed E-state index contributed by atoms with van der Waals surface area (Å²) in [4.78, 5) is 3.70. The molecule has 0 saturated heterocycles. The van der Waals surface area contributed by atoms with E-state index in [-0.39, 0.29) is 6.04 Å². The van der Waals surface area contributed by atoms with E-state index in [0.717, 1.165) is 9.21 Å².